The van der Waals surface area contributed by atoms with Crippen LogP contribution in [0, 0.1) is 0 Å². The number of rotatable bonds is 2. The number of aliphatic hydroxyl groups is 1. The minimum atomic E-state index is -0.314. The van der Waals surface area contributed by atoms with E-state index >= 15 is 0 Å². The first-order valence-corrected chi connectivity index (χ1v) is 5.62. The van der Waals surface area contributed by atoms with E-state index in [1.54, 1.807) is 4.90 Å². The third-order valence-electron chi connectivity index (χ3n) is 2.32. The van der Waals surface area contributed by atoms with Gasteiger partial charge in [-0.05, 0) is 0 Å². The van der Waals surface area contributed by atoms with Gasteiger partial charge in [-0.3, -0.25) is 4.79 Å². The minimum absolute atomic E-state index is 0.125. The van der Waals surface area contributed by atoms with Crippen LogP contribution in [0.1, 0.15) is 9.80 Å². The molecule has 1 saturated heterocycles. The summed E-state index contributed by atoms with van der Waals surface area (Å²) >= 11 is 1.04. The maximum Gasteiger partial charge on any atom is 0.285 e. The van der Waals surface area contributed by atoms with Crippen LogP contribution in [0.25, 0.3) is 0 Å². The van der Waals surface area contributed by atoms with Gasteiger partial charge in [-0.2, -0.15) is 0 Å². The predicted molar refractivity (Wildman–Crippen MR) is 57.1 cm³/mol. The molecule has 1 unspecified atom stereocenters. The maximum absolute atomic E-state index is 12.0. The number of aliphatic hydroxyl groups excluding tert-OH is 1. The number of morpholine rings is 1. The first-order valence-electron chi connectivity index (χ1n) is 4.81. The van der Waals surface area contributed by atoms with Crippen LogP contribution in [0.5, 0.6) is 0 Å². The monoisotopic (exact) mass is 244 g/mol. The average Bonchev–Trinajstić information content (AvgIpc) is 2.75. The predicted octanol–water partition coefficient (Wildman–Crippen LogP) is -1.05. The van der Waals surface area contributed by atoms with Crippen molar-refractivity contribution in [2.45, 2.75) is 6.04 Å². The van der Waals surface area contributed by atoms with Crippen LogP contribution in [-0.2, 0) is 4.74 Å². The van der Waals surface area contributed by atoms with E-state index in [0.29, 0.717) is 19.8 Å². The first-order chi connectivity index (χ1) is 7.72. The number of amides is 1. The van der Waals surface area contributed by atoms with Crippen LogP contribution < -0.4 is 5.73 Å². The Morgan fingerprint density at radius 2 is 2.50 bits per heavy atom. The molecule has 2 rings (SSSR count). The summed E-state index contributed by atoms with van der Waals surface area (Å²) in [7, 11) is 0. The Bertz CT molecular complexity index is 383. The van der Waals surface area contributed by atoms with E-state index in [1.807, 2.05) is 0 Å². The van der Waals surface area contributed by atoms with Gasteiger partial charge in [0.05, 0.1) is 25.9 Å². The van der Waals surface area contributed by atoms with Crippen LogP contribution in [0.4, 0.5) is 5.13 Å². The minimum Gasteiger partial charge on any atom is -0.394 e. The maximum atomic E-state index is 12.0. The summed E-state index contributed by atoms with van der Waals surface area (Å²) in [5, 5.41) is 16.9. The topological polar surface area (TPSA) is 102 Å². The van der Waals surface area contributed by atoms with E-state index in [2.05, 4.69) is 10.2 Å². The van der Waals surface area contributed by atoms with Crippen LogP contribution in [0.2, 0.25) is 0 Å². The molecule has 1 amide bonds. The van der Waals surface area contributed by atoms with Crippen molar-refractivity contribution in [1.29, 1.82) is 0 Å². The number of nitrogens with zero attached hydrogens (tertiary/aromatic N) is 3. The van der Waals surface area contributed by atoms with Gasteiger partial charge in [-0.15, -0.1) is 10.2 Å². The Hall–Kier alpha value is -1.25. The third-order valence-corrected chi connectivity index (χ3v) is 3.06. The van der Waals surface area contributed by atoms with E-state index in [0.717, 1.165) is 11.3 Å². The highest BCUT2D eigenvalue weighted by Crippen LogP contribution is 2.16. The van der Waals surface area contributed by atoms with Crippen molar-refractivity contribution in [1.82, 2.24) is 15.1 Å². The van der Waals surface area contributed by atoms with Crippen LogP contribution in [0.15, 0.2) is 0 Å². The van der Waals surface area contributed by atoms with Gasteiger partial charge in [0.15, 0.2) is 0 Å². The zero-order valence-electron chi connectivity index (χ0n) is 8.50. The summed E-state index contributed by atoms with van der Waals surface area (Å²) in [6, 6.07) is -0.314. The van der Waals surface area contributed by atoms with Gasteiger partial charge < -0.3 is 20.5 Å². The number of carbonyl (C=O) groups excluding carboxylic acids is 1. The van der Waals surface area contributed by atoms with E-state index in [9.17, 15) is 4.79 Å². The fraction of sp³-hybridized carbons (Fsp3) is 0.625. The molecule has 16 heavy (non-hydrogen) atoms. The smallest absolute Gasteiger partial charge is 0.285 e. The Balaban J connectivity index is 2.13. The first kappa shape index (κ1) is 11.2. The second-order valence-electron chi connectivity index (χ2n) is 3.36. The van der Waals surface area contributed by atoms with Gasteiger partial charge >= 0.3 is 0 Å². The lowest BCUT2D eigenvalue weighted by Gasteiger charge is -2.33. The zero-order chi connectivity index (χ0) is 11.5. The fourth-order valence-electron chi connectivity index (χ4n) is 1.52. The molecule has 0 radical (unpaired) electrons. The molecular weight excluding hydrogens is 232 g/mol. The third kappa shape index (κ3) is 2.13. The summed E-state index contributed by atoms with van der Waals surface area (Å²) in [5.74, 6) is -0.253. The number of nitrogens with two attached hydrogens (primary N) is 1. The van der Waals surface area contributed by atoms with E-state index in [1.165, 1.54) is 0 Å². The summed E-state index contributed by atoms with van der Waals surface area (Å²) in [6.07, 6.45) is 0. The summed E-state index contributed by atoms with van der Waals surface area (Å²) in [5.41, 5.74) is 5.41. The van der Waals surface area contributed by atoms with Crippen LogP contribution >= 0.6 is 11.3 Å². The zero-order valence-corrected chi connectivity index (χ0v) is 9.31. The van der Waals surface area contributed by atoms with Gasteiger partial charge in [0.2, 0.25) is 10.1 Å². The van der Waals surface area contributed by atoms with Crippen molar-refractivity contribution in [3.63, 3.8) is 0 Å². The van der Waals surface area contributed by atoms with Gasteiger partial charge in [-0.25, -0.2) is 0 Å². The van der Waals surface area contributed by atoms with Crippen molar-refractivity contribution in [3.8, 4) is 0 Å². The SMILES string of the molecule is Nc1nnc(C(=O)N2CCOCC2CO)s1. The molecule has 0 aromatic carbocycles. The molecule has 3 N–H and O–H groups in total. The molecule has 1 aliphatic rings. The molecule has 1 aromatic rings. The fourth-order valence-corrected chi connectivity index (χ4v) is 2.08. The molecule has 0 spiro atoms. The summed E-state index contributed by atoms with van der Waals surface area (Å²) in [6.45, 7) is 1.14. The second-order valence-corrected chi connectivity index (χ2v) is 4.36. The molecule has 7 nitrogen and oxygen atoms in total. The lowest BCUT2D eigenvalue weighted by Crippen LogP contribution is -2.50. The molecular formula is C8H12N4O3S. The Morgan fingerprint density at radius 3 is 3.12 bits per heavy atom. The van der Waals surface area contributed by atoms with Gasteiger partial charge in [0.1, 0.15) is 0 Å². The quantitative estimate of drug-likeness (QED) is 0.688. The molecule has 1 fully saturated rings. The Labute approximate surface area is 95.8 Å². The van der Waals surface area contributed by atoms with Crippen LogP contribution in [0.3, 0.4) is 0 Å². The summed E-state index contributed by atoms with van der Waals surface area (Å²) in [4.78, 5) is 13.5. The lowest BCUT2D eigenvalue weighted by molar-refractivity contribution is -0.0184. The van der Waals surface area contributed by atoms with Crippen molar-refractivity contribution >= 4 is 22.4 Å². The Morgan fingerprint density at radius 1 is 1.69 bits per heavy atom. The highest BCUT2D eigenvalue weighted by molar-refractivity contribution is 7.16. The molecule has 0 bridgehead atoms. The number of hydrogen-bond acceptors (Lipinski definition) is 7. The number of nitrogen functional groups attached to an aromatic ring is 1. The van der Waals surface area contributed by atoms with Gasteiger partial charge in [0, 0.05) is 6.54 Å². The standard InChI is InChI=1S/C8H12N4O3S/c9-8-11-10-6(16-8)7(14)12-1-2-15-4-5(12)3-13/h5,13H,1-4H2,(H2,9,11). The molecule has 8 heteroatoms. The number of ether oxygens (including phenoxy) is 1. The molecule has 1 aromatic heterocycles. The van der Waals surface area contributed by atoms with Gasteiger partial charge in [-0.1, -0.05) is 11.3 Å². The highest BCUT2D eigenvalue weighted by atomic mass is 32.1. The van der Waals surface area contributed by atoms with Crippen molar-refractivity contribution in [2.24, 2.45) is 0 Å². The summed E-state index contributed by atoms with van der Waals surface area (Å²) < 4.78 is 5.18. The van der Waals surface area contributed by atoms with Crippen LogP contribution in [-0.4, -0.2) is 58.5 Å². The van der Waals surface area contributed by atoms with E-state index < -0.39 is 0 Å². The normalized spacial score (nSPS) is 21.1. The largest absolute Gasteiger partial charge is 0.394 e. The molecule has 0 aliphatic carbocycles. The van der Waals surface area contributed by atoms with E-state index in [4.69, 9.17) is 15.6 Å². The number of carbonyl (C=O) groups is 1. The lowest BCUT2D eigenvalue weighted by atomic mass is 10.2. The Kier molecular flexibility index (Phi) is 3.32. The van der Waals surface area contributed by atoms with Crippen molar-refractivity contribution < 1.29 is 14.6 Å². The number of aromatic nitrogens is 2. The molecule has 0 saturated carbocycles. The molecule has 88 valence electrons. The molecule has 1 atom stereocenters. The number of hydrogen-bond donors (Lipinski definition) is 2. The van der Waals surface area contributed by atoms with Gasteiger partial charge in [0.25, 0.3) is 5.91 Å². The van der Waals surface area contributed by atoms with Crippen molar-refractivity contribution in [3.05, 3.63) is 5.01 Å². The highest BCUT2D eigenvalue weighted by Gasteiger charge is 2.29. The van der Waals surface area contributed by atoms with Crippen molar-refractivity contribution in [2.75, 3.05) is 32.1 Å². The van der Waals surface area contributed by atoms with E-state index in [-0.39, 0.29) is 28.7 Å². The molecule has 2 heterocycles. The average molecular weight is 244 g/mol. The second kappa shape index (κ2) is 4.73. The molecule has 1 aliphatic heterocycles. The number of anilines is 1.